The molecule has 1 amide bonds. The fraction of sp³-hybridized carbons (Fsp3) is 0.143. The van der Waals surface area contributed by atoms with Gasteiger partial charge in [0.25, 0.3) is 5.56 Å². The maximum Gasteiger partial charge on any atom is 0.267 e. The van der Waals surface area contributed by atoms with Crippen LogP contribution in [0.3, 0.4) is 0 Å². The number of anilines is 1. The third-order valence-corrected chi connectivity index (χ3v) is 6.06. The van der Waals surface area contributed by atoms with Gasteiger partial charge in [0.1, 0.15) is 12.3 Å². The number of rotatable bonds is 6. The molecule has 0 radical (unpaired) electrons. The lowest BCUT2D eigenvalue weighted by molar-refractivity contribution is -0.117. The molecule has 4 rings (SSSR count). The van der Waals surface area contributed by atoms with Crippen molar-refractivity contribution in [3.8, 4) is 17.0 Å². The number of carbonyl (C=O) groups excluding carboxylic acids is 1. The average Bonchev–Trinajstić information content (AvgIpc) is 3.16. The van der Waals surface area contributed by atoms with Crippen LogP contribution in [0, 0.1) is 0 Å². The summed E-state index contributed by atoms with van der Waals surface area (Å²) in [5.41, 5.74) is 1.93. The summed E-state index contributed by atoms with van der Waals surface area (Å²) in [7, 11) is 1.60. The van der Waals surface area contributed by atoms with Gasteiger partial charge < -0.3 is 10.1 Å². The number of nitrogens with one attached hydrogen (secondary N) is 1. The van der Waals surface area contributed by atoms with Gasteiger partial charge in [-0.25, -0.2) is 9.67 Å². The number of hydrogen-bond acceptors (Lipinski definition) is 7. The molecule has 1 N–H and O–H groups in total. The van der Waals surface area contributed by atoms with Gasteiger partial charge in [-0.2, -0.15) is 5.10 Å². The van der Waals surface area contributed by atoms with E-state index in [0.29, 0.717) is 10.8 Å². The van der Waals surface area contributed by atoms with E-state index in [9.17, 15) is 9.59 Å². The SMILES string of the molecule is COc1ccc2nc(NC(=O)Cn3nc(-c4ccc(SC)cc4)ccc3=O)sc2c1. The first-order valence-electron chi connectivity index (χ1n) is 9.03. The second kappa shape index (κ2) is 8.68. The monoisotopic (exact) mass is 438 g/mol. The van der Waals surface area contributed by atoms with Crippen LogP contribution in [0.5, 0.6) is 5.75 Å². The number of thioether (sulfide) groups is 1. The van der Waals surface area contributed by atoms with Gasteiger partial charge in [0, 0.05) is 16.5 Å². The molecule has 0 aliphatic heterocycles. The normalized spacial score (nSPS) is 10.9. The van der Waals surface area contributed by atoms with Crippen molar-refractivity contribution >= 4 is 44.4 Å². The van der Waals surface area contributed by atoms with E-state index in [1.807, 2.05) is 48.7 Å². The largest absolute Gasteiger partial charge is 0.497 e. The number of methoxy groups -OCH3 is 1. The number of hydrogen-bond donors (Lipinski definition) is 1. The first-order valence-corrected chi connectivity index (χ1v) is 11.1. The molecular weight excluding hydrogens is 420 g/mol. The molecule has 0 aliphatic rings. The highest BCUT2D eigenvalue weighted by Gasteiger charge is 2.12. The Bertz CT molecular complexity index is 1270. The highest BCUT2D eigenvalue weighted by atomic mass is 32.2. The van der Waals surface area contributed by atoms with Crippen LogP contribution in [-0.2, 0) is 11.3 Å². The molecule has 0 atom stereocenters. The van der Waals surface area contributed by atoms with E-state index in [2.05, 4.69) is 15.4 Å². The molecule has 7 nitrogen and oxygen atoms in total. The van der Waals surface area contributed by atoms with Crippen LogP contribution in [0.2, 0.25) is 0 Å². The molecule has 0 saturated heterocycles. The standard InChI is InChI=1S/C21H18N4O3S2/c1-28-14-5-8-17-18(11-14)30-21(22-17)23-19(26)12-25-20(27)10-9-16(24-25)13-3-6-15(29-2)7-4-13/h3-11H,12H2,1-2H3,(H,22,23,26). The highest BCUT2D eigenvalue weighted by Crippen LogP contribution is 2.29. The molecule has 0 saturated carbocycles. The molecule has 4 aromatic rings. The van der Waals surface area contributed by atoms with E-state index < -0.39 is 0 Å². The molecule has 0 aliphatic carbocycles. The van der Waals surface area contributed by atoms with Crippen LogP contribution in [0.1, 0.15) is 0 Å². The van der Waals surface area contributed by atoms with Crippen LogP contribution in [-0.4, -0.2) is 34.0 Å². The summed E-state index contributed by atoms with van der Waals surface area (Å²) in [5, 5.41) is 7.55. The minimum absolute atomic E-state index is 0.200. The van der Waals surface area contributed by atoms with E-state index in [1.165, 1.54) is 17.4 Å². The third kappa shape index (κ3) is 4.37. The number of thiazole rings is 1. The van der Waals surface area contributed by atoms with Gasteiger partial charge in [-0.1, -0.05) is 23.5 Å². The zero-order chi connectivity index (χ0) is 21.1. The Labute approximate surface area is 180 Å². The Morgan fingerprint density at radius 2 is 1.97 bits per heavy atom. The summed E-state index contributed by atoms with van der Waals surface area (Å²) in [4.78, 5) is 30.2. The van der Waals surface area contributed by atoms with Crippen LogP contribution in [0.15, 0.2) is 64.3 Å². The number of benzene rings is 2. The van der Waals surface area contributed by atoms with Crippen LogP contribution in [0.4, 0.5) is 5.13 Å². The molecule has 0 fully saturated rings. The van der Waals surface area contributed by atoms with Crippen molar-refractivity contribution in [2.45, 2.75) is 11.4 Å². The lowest BCUT2D eigenvalue weighted by Gasteiger charge is -2.07. The Morgan fingerprint density at radius 3 is 2.70 bits per heavy atom. The maximum absolute atomic E-state index is 12.5. The lowest BCUT2D eigenvalue weighted by Crippen LogP contribution is -2.29. The van der Waals surface area contributed by atoms with E-state index >= 15 is 0 Å². The van der Waals surface area contributed by atoms with Crippen LogP contribution in [0.25, 0.3) is 21.5 Å². The maximum atomic E-state index is 12.5. The quantitative estimate of drug-likeness (QED) is 0.460. The molecule has 2 aromatic heterocycles. The van der Waals surface area contributed by atoms with Crippen LogP contribution < -0.4 is 15.6 Å². The molecule has 152 valence electrons. The molecule has 9 heteroatoms. The third-order valence-electron chi connectivity index (χ3n) is 4.39. The summed E-state index contributed by atoms with van der Waals surface area (Å²) in [6.07, 6.45) is 2.01. The molecular formula is C21H18N4O3S2. The van der Waals surface area contributed by atoms with E-state index in [-0.39, 0.29) is 18.0 Å². The van der Waals surface area contributed by atoms with Gasteiger partial charge in [-0.15, -0.1) is 11.8 Å². The second-order valence-electron chi connectivity index (χ2n) is 6.34. The summed E-state index contributed by atoms with van der Waals surface area (Å²) >= 11 is 2.99. The summed E-state index contributed by atoms with van der Waals surface area (Å²) in [6, 6.07) is 16.5. The van der Waals surface area contributed by atoms with E-state index in [1.54, 1.807) is 24.9 Å². The smallest absolute Gasteiger partial charge is 0.267 e. The number of ether oxygens (including phenoxy) is 1. The molecule has 0 bridgehead atoms. The number of fused-ring (bicyclic) bond motifs is 1. The second-order valence-corrected chi connectivity index (χ2v) is 8.25. The first kappa shape index (κ1) is 20.1. The highest BCUT2D eigenvalue weighted by molar-refractivity contribution is 7.98. The van der Waals surface area contributed by atoms with E-state index in [0.717, 1.165) is 31.1 Å². The molecule has 2 aromatic carbocycles. The minimum atomic E-state index is -0.370. The van der Waals surface area contributed by atoms with Gasteiger partial charge in [0.15, 0.2) is 5.13 Å². The average molecular weight is 439 g/mol. The van der Waals surface area contributed by atoms with Crippen molar-refractivity contribution in [3.05, 3.63) is 65.0 Å². The Morgan fingerprint density at radius 1 is 1.17 bits per heavy atom. The predicted octanol–water partition coefficient (Wildman–Crippen LogP) is 3.89. The Kier molecular flexibility index (Phi) is 5.82. The fourth-order valence-electron chi connectivity index (χ4n) is 2.86. The zero-order valence-electron chi connectivity index (χ0n) is 16.3. The first-order chi connectivity index (χ1) is 14.6. The van der Waals surface area contributed by atoms with Crippen molar-refractivity contribution in [1.82, 2.24) is 14.8 Å². The predicted molar refractivity (Wildman–Crippen MR) is 121 cm³/mol. The Hall–Kier alpha value is -3.17. The molecule has 2 heterocycles. The zero-order valence-corrected chi connectivity index (χ0v) is 17.9. The summed E-state index contributed by atoms with van der Waals surface area (Å²) < 4.78 is 7.26. The molecule has 0 unspecified atom stereocenters. The minimum Gasteiger partial charge on any atom is -0.497 e. The van der Waals surface area contributed by atoms with Crippen molar-refractivity contribution < 1.29 is 9.53 Å². The van der Waals surface area contributed by atoms with Gasteiger partial charge in [-0.3, -0.25) is 9.59 Å². The molecule has 30 heavy (non-hydrogen) atoms. The van der Waals surface area contributed by atoms with Crippen molar-refractivity contribution in [2.24, 2.45) is 0 Å². The van der Waals surface area contributed by atoms with Gasteiger partial charge >= 0.3 is 0 Å². The van der Waals surface area contributed by atoms with Crippen molar-refractivity contribution in [1.29, 1.82) is 0 Å². The number of amides is 1. The molecule has 0 spiro atoms. The van der Waals surface area contributed by atoms with Gasteiger partial charge in [-0.05, 0) is 42.7 Å². The number of carbonyl (C=O) groups is 1. The van der Waals surface area contributed by atoms with E-state index in [4.69, 9.17) is 4.74 Å². The fourth-order valence-corrected chi connectivity index (χ4v) is 4.18. The number of nitrogens with zero attached hydrogens (tertiary/aromatic N) is 3. The van der Waals surface area contributed by atoms with Crippen LogP contribution >= 0.6 is 23.1 Å². The van der Waals surface area contributed by atoms with Gasteiger partial charge in [0.2, 0.25) is 5.91 Å². The van der Waals surface area contributed by atoms with Gasteiger partial charge in [0.05, 0.1) is 23.0 Å². The number of aromatic nitrogens is 3. The van der Waals surface area contributed by atoms with Crippen molar-refractivity contribution in [2.75, 3.05) is 18.7 Å². The topological polar surface area (TPSA) is 86.1 Å². The summed E-state index contributed by atoms with van der Waals surface area (Å²) in [5.74, 6) is 0.354. The lowest BCUT2D eigenvalue weighted by atomic mass is 10.1. The van der Waals surface area contributed by atoms with Crippen molar-refractivity contribution in [3.63, 3.8) is 0 Å². The summed E-state index contributed by atoms with van der Waals surface area (Å²) in [6.45, 7) is -0.200. The Balaban J connectivity index is 1.52.